The highest BCUT2D eigenvalue weighted by Gasteiger charge is 2.29. The average Bonchev–Trinajstić information content (AvgIpc) is 3.19. The molecule has 0 spiro atoms. The van der Waals surface area contributed by atoms with E-state index in [9.17, 15) is 4.79 Å². The summed E-state index contributed by atoms with van der Waals surface area (Å²) in [5, 5.41) is 7.76. The minimum atomic E-state index is -0.0801. The van der Waals surface area contributed by atoms with Crippen molar-refractivity contribution in [3.63, 3.8) is 0 Å². The van der Waals surface area contributed by atoms with Crippen LogP contribution in [-0.4, -0.2) is 47.3 Å². The molecule has 1 aliphatic rings. The van der Waals surface area contributed by atoms with Crippen molar-refractivity contribution in [3.8, 4) is 11.8 Å². The number of hydrogen-bond donors (Lipinski definition) is 0. The van der Waals surface area contributed by atoms with Crippen molar-refractivity contribution in [3.05, 3.63) is 36.3 Å². The van der Waals surface area contributed by atoms with Gasteiger partial charge in [-0.15, -0.1) is 10.2 Å². The number of furan rings is 1. The zero-order valence-electron chi connectivity index (χ0n) is 11.6. The summed E-state index contributed by atoms with van der Waals surface area (Å²) in [7, 11) is 1.53. The predicted molar refractivity (Wildman–Crippen MR) is 72.2 cm³/mol. The van der Waals surface area contributed by atoms with E-state index in [-0.39, 0.29) is 12.0 Å². The number of nitrogens with zero attached hydrogens (tertiary/aromatic N) is 3. The lowest BCUT2D eigenvalue weighted by Crippen LogP contribution is -2.30. The third kappa shape index (κ3) is 2.96. The lowest BCUT2D eigenvalue weighted by molar-refractivity contribution is 0.0770. The van der Waals surface area contributed by atoms with Crippen LogP contribution in [0.5, 0.6) is 11.8 Å². The number of aromatic nitrogens is 2. The lowest BCUT2D eigenvalue weighted by atomic mass is 10.3. The number of ether oxygens (including phenoxy) is 2. The highest BCUT2D eigenvalue weighted by atomic mass is 16.5. The van der Waals surface area contributed by atoms with E-state index in [4.69, 9.17) is 13.9 Å². The van der Waals surface area contributed by atoms with Crippen LogP contribution in [0.15, 0.2) is 35.1 Å². The third-order valence-corrected chi connectivity index (χ3v) is 3.31. The first-order valence-corrected chi connectivity index (χ1v) is 6.62. The Balaban J connectivity index is 1.58. The Labute approximate surface area is 121 Å². The van der Waals surface area contributed by atoms with Crippen molar-refractivity contribution in [2.75, 3.05) is 20.2 Å². The molecule has 7 nitrogen and oxygen atoms in total. The van der Waals surface area contributed by atoms with Gasteiger partial charge in [-0.1, -0.05) is 0 Å². The van der Waals surface area contributed by atoms with Crippen molar-refractivity contribution in [2.45, 2.75) is 12.5 Å². The molecule has 0 bridgehead atoms. The van der Waals surface area contributed by atoms with Crippen LogP contribution in [0.1, 0.15) is 16.8 Å². The standard InChI is InChI=1S/C14H15N3O4/c1-19-12-2-3-13(16-15-12)21-11-4-6-17(8-11)14(18)10-5-7-20-9-10/h2-3,5,7,9,11H,4,6,8H2,1H3/t11-/m0/s1. The summed E-state index contributed by atoms with van der Waals surface area (Å²) >= 11 is 0. The number of carbonyl (C=O) groups excluding carboxylic acids is 1. The van der Waals surface area contributed by atoms with Gasteiger partial charge in [0.15, 0.2) is 0 Å². The Bertz CT molecular complexity index is 597. The second kappa shape index (κ2) is 5.82. The van der Waals surface area contributed by atoms with Crippen LogP contribution in [0.4, 0.5) is 0 Å². The van der Waals surface area contributed by atoms with E-state index in [1.165, 1.54) is 19.6 Å². The largest absolute Gasteiger partial charge is 0.480 e. The molecule has 21 heavy (non-hydrogen) atoms. The van der Waals surface area contributed by atoms with E-state index in [1.54, 1.807) is 23.1 Å². The van der Waals surface area contributed by atoms with Crippen LogP contribution in [0.3, 0.4) is 0 Å². The zero-order chi connectivity index (χ0) is 14.7. The smallest absolute Gasteiger partial charge is 0.257 e. The van der Waals surface area contributed by atoms with Crippen molar-refractivity contribution >= 4 is 5.91 Å². The zero-order valence-corrected chi connectivity index (χ0v) is 11.6. The highest BCUT2D eigenvalue weighted by molar-refractivity contribution is 5.94. The Kier molecular flexibility index (Phi) is 3.72. The van der Waals surface area contributed by atoms with E-state index >= 15 is 0 Å². The van der Waals surface area contributed by atoms with Crippen molar-refractivity contribution in [1.29, 1.82) is 0 Å². The molecule has 2 aromatic heterocycles. The summed E-state index contributed by atoms with van der Waals surface area (Å²) in [5.74, 6) is 0.819. The van der Waals surface area contributed by atoms with E-state index in [1.807, 2.05) is 0 Å². The molecule has 1 saturated heterocycles. The second-order valence-electron chi connectivity index (χ2n) is 4.71. The molecular formula is C14H15N3O4. The van der Waals surface area contributed by atoms with Crippen LogP contribution in [0.25, 0.3) is 0 Å². The molecule has 0 aliphatic carbocycles. The molecule has 0 aromatic carbocycles. The van der Waals surface area contributed by atoms with Crippen LogP contribution in [0, 0.1) is 0 Å². The Morgan fingerprint density at radius 1 is 1.33 bits per heavy atom. The molecule has 0 N–H and O–H groups in total. The third-order valence-electron chi connectivity index (χ3n) is 3.31. The maximum atomic E-state index is 12.2. The molecule has 0 unspecified atom stereocenters. The fourth-order valence-corrected chi connectivity index (χ4v) is 2.23. The van der Waals surface area contributed by atoms with Gasteiger partial charge in [0.2, 0.25) is 11.8 Å². The molecule has 1 fully saturated rings. The highest BCUT2D eigenvalue weighted by Crippen LogP contribution is 2.19. The average molecular weight is 289 g/mol. The van der Waals surface area contributed by atoms with E-state index in [0.717, 1.165) is 6.42 Å². The number of hydrogen-bond acceptors (Lipinski definition) is 6. The van der Waals surface area contributed by atoms with Crippen LogP contribution >= 0.6 is 0 Å². The molecule has 7 heteroatoms. The molecular weight excluding hydrogens is 274 g/mol. The first-order chi connectivity index (χ1) is 10.3. The van der Waals surface area contributed by atoms with Crippen molar-refractivity contribution in [2.24, 2.45) is 0 Å². The van der Waals surface area contributed by atoms with Gasteiger partial charge in [0, 0.05) is 25.1 Å². The number of rotatable bonds is 4. The van der Waals surface area contributed by atoms with Gasteiger partial charge in [0.25, 0.3) is 5.91 Å². The predicted octanol–water partition coefficient (Wildman–Crippen LogP) is 1.37. The monoisotopic (exact) mass is 289 g/mol. The van der Waals surface area contributed by atoms with Crippen LogP contribution < -0.4 is 9.47 Å². The van der Waals surface area contributed by atoms with Gasteiger partial charge in [-0.3, -0.25) is 4.79 Å². The summed E-state index contributed by atoms with van der Waals surface area (Å²) < 4.78 is 15.6. The van der Waals surface area contributed by atoms with E-state index in [0.29, 0.717) is 30.4 Å². The fourth-order valence-electron chi connectivity index (χ4n) is 2.23. The molecule has 3 heterocycles. The van der Waals surface area contributed by atoms with Crippen molar-refractivity contribution in [1.82, 2.24) is 15.1 Å². The van der Waals surface area contributed by atoms with Crippen molar-refractivity contribution < 1.29 is 18.7 Å². The van der Waals surface area contributed by atoms with Crippen LogP contribution in [-0.2, 0) is 0 Å². The number of likely N-dealkylation sites (tertiary alicyclic amines) is 1. The summed E-state index contributed by atoms with van der Waals surface area (Å²) in [5.41, 5.74) is 0.555. The Hall–Kier alpha value is -2.57. The normalized spacial score (nSPS) is 17.8. The van der Waals surface area contributed by atoms with Crippen LogP contribution in [0.2, 0.25) is 0 Å². The molecule has 0 saturated carbocycles. The topological polar surface area (TPSA) is 77.7 Å². The molecule has 0 radical (unpaired) electrons. The molecule has 1 amide bonds. The number of methoxy groups -OCH3 is 1. The minimum absolute atomic E-state index is 0.0457. The van der Waals surface area contributed by atoms with Gasteiger partial charge in [0.05, 0.1) is 25.5 Å². The minimum Gasteiger partial charge on any atom is -0.480 e. The quantitative estimate of drug-likeness (QED) is 0.846. The molecule has 3 rings (SSSR count). The summed E-state index contributed by atoms with van der Waals surface area (Å²) in [6.07, 6.45) is 3.62. The van der Waals surface area contributed by atoms with Gasteiger partial charge < -0.3 is 18.8 Å². The van der Waals surface area contributed by atoms with E-state index < -0.39 is 0 Å². The SMILES string of the molecule is COc1ccc(O[C@H]2CCN(C(=O)c3ccoc3)C2)nn1. The second-order valence-corrected chi connectivity index (χ2v) is 4.71. The first kappa shape index (κ1) is 13.4. The maximum absolute atomic E-state index is 12.2. The van der Waals surface area contributed by atoms with Gasteiger partial charge in [-0.2, -0.15) is 0 Å². The lowest BCUT2D eigenvalue weighted by Gasteiger charge is -2.15. The summed E-state index contributed by atoms with van der Waals surface area (Å²) in [6, 6.07) is 5.05. The van der Waals surface area contributed by atoms with Gasteiger partial charge >= 0.3 is 0 Å². The number of carbonyl (C=O) groups is 1. The molecule has 2 aromatic rings. The molecule has 110 valence electrons. The van der Waals surface area contributed by atoms with Gasteiger partial charge in [0.1, 0.15) is 12.4 Å². The van der Waals surface area contributed by atoms with Gasteiger partial charge in [-0.25, -0.2) is 0 Å². The molecule has 1 aliphatic heterocycles. The fraction of sp³-hybridized carbons (Fsp3) is 0.357. The Morgan fingerprint density at radius 2 is 2.14 bits per heavy atom. The van der Waals surface area contributed by atoms with E-state index in [2.05, 4.69) is 10.2 Å². The maximum Gasteiger partial charge on any atom is 0.257 e. The Morgan fingerprint density at radius 3 is 2.81 bits per heavy atom. The summed E-state index contributed by atoms with van der Waals surface area (Å²) in [4.78, 5) is 13.9. The van der Waals surface area contributed by atoms with Gasteiger partial charge in [-0.05, 0) is 6.07 Å². The summed E-state index contributed by atoms with van der Waals surface area (Å²) in [6.45, 7) is 1.18. The number of amides is 1. The molecule has 1 atom stereocenters. The first-order valence-electron chi connectivity index (χ1n) is 6.62.